The molecule has 0 spiro atoms. The van der Waals surface area contributed by atoms with E-state index in [-0.39, 0.29) is 17.4 Å². The third-order valence-corrected chi connectivity index (χ3v) is 4.06. The molecule has 4 nitrogen and oxygen atoms in total. The molecule has 0 bridgehead atoms. The molecular formula is C18H15FN2O2. The second-order valence-corrected chi connectivity index (χ2v) is 5.55. The Morgan fingerprint density at radius 2 is 2.09 bits per heavy atom. The number of carbonyl (C=O) groups is 2. The molecule has 5 heteroatoms. The molecule has 23 heavy (non-hydrogen) atoms. The Hall–Kier alpha value is -2.82. The second kappa shape index (κ2) is 5.76. The molecule has 0 radical (unpaired) electrons. The van der Waals surface area contributed by atoms with E-state index in [4.69, 9.17) is 0 Å². The van der Waals surface area contributed by atoms with Gasteiger partial charge in [-0.05, 0) is 44.2 Å². The van der Waals surface area contributed by atoms with Crippen molar-refractivity contribution in [3.05, 3.63) is 70.7 Å². The number of halogens is 1. The zero-order valence-corrected chi connectivity index (χ0v) is 12.8. The van der Waals surface area contributed by atoms with Crippen LogP contribution in [0.25, 0.3) is 0 Å². The molecule has 1 heterocycles. The number of nitrogens with one attached hydrogen (secondary N) is 1. The van der Waals surface area contributed by atoms with Crippen molar-refractivity contribution < 1.29 is 14.0 Å². The number of benzene rings is 1. The molecule has 0 fully saturated rings. The average Bonchev–Trinajstić information content (AvgIpc) is 2.52. The molecule has 0 saturated carbocycles. The Morgan fingerprint density at radius 1 is 1.30 bits per heavy atom. The second-order valence-electron chi connectivity index (χ2n) is 5.55. The molecule has 0 saturated heterocycles. The van der Waals surface area contributed by atoms with Crippen LogP contribution in [0.15, 0.2) is 64.3 Å². The molecule has 1 aromatic carbocycles. The highest BCUT2D eigenvalue weighted by Crippen LogP contribution is 2.29. The van der Waals surface area contributed by atoms with Crippen LogP contribution in [0.4, 0.5) is 4.39 Å². The van der Waals surface area contributed by atoms with Gasteiger partial charge in [0.15, 0.2) is 0 Å². The molecule has 3 rings (SSSR count). The maximum atomic E-state index is 13.2. The van der Waals surface area contributed by atoms with E-state index < -0.39 is 11.7 Å². The highest BCUT2D eigenvalue weighted by atomic mass is 19.1. The van der Waals surface area contributed by atoms with Crippen molar-refractivity contribution in [1.82, 2.24) is 5.32 Å². The molecule has 0 aromatic heterocycles. The van der Waals surface area contributed by atoms with Crippen molar-refractivity contribution in [1.29, 1.82) is 0 Å². The van der Waals surface area contributed by atoms with Gasteiger partial charge in [-0.1, -0.05) is 17.7 Å². The van der Waals surface area contributed by atoms with E-state index in [0.717, 1.165) is 11.6 Å². The van der Waals surface area contributed by atoms with Crippen LogP contribution in [-0.2, 0) is 4.79 Å². The minimum absolute atomic E-state index is 0.00378. The standard InChI is InChI=1S/C18H15FN2O2/c1-10-11(2)17(22)21-16-9-14(6-7-15(10)16)20-18(23)12-4-3-5-13(19)8-12/h3-9,15H,1-2H3,(H,21,22). The van der Waals surface area contributed by atoms with Gasteiger partial charge in [-0.3, -0.25) is 9.59 Å². The largest absolute Gasteiger partial charge is 0.325 e. The summed E-state index contributed by atoms with van der Waals surface area (Å²) in [7, 11) is 0. The lowest BCUT2D eigenvalue weighted by Gasteiger charge is -2.28. The number of hydrogen-bond donors (Lipinski definition) is 1. The van der Waals surface area contributed by atoms with Crippen LogP contribution >= 0.6 is 0 Å². The van der Waals surface area contributed by atoms with Crippen LogP contribution in [0.5, 0.6) is 0 Å². The predicted octanol–water partition coefficient (Wildman–Crippen LogP) is 2.94. The van der Waals surface area contributed by atoms with Gasteiger partial charge in [0.05, 0.1) is 5.71 Å². The predicted molar refractivity (Wildman–Crippen MR) is 85.4 cm³/mol. The summed E-state index contributed by atoms with van der Waals surface area (Å²) in [6, 6.07) is 5.39. The van der Waals surface area contributed by atoms with Crippen LogP contribution < -0.4 is 5.32 Å². The third kappa shape index (κ3) is 2.90. The van der Waals surface area contributed by atoms with Crippen molar-refractivity contribution in [2.75, 3.05) is 0 Å². The summed E-state index contributed by atoms with van der Waals surface area (Å²) in [6.07, 6.45) is 5.31. The van der Waals surface area contributed by atoms with Crippen LogP contribution in [0.1, 0.15) is 24.2 Å². The van der Waals surface area contributed by atoms with Crippen molar-refractivity contribution in [3.63, 3.8) is 0 Å². The fourth-order valence-corrected chi connectivity index (χ4v) is 2.60. The zero-order valence-electron chi connectivity index (χ0n) is 12.8. The van der Waals surface area contributed by atoms with E-state index in [1.165, 1.54) is 18.2 Å². The summed E-state index contributed by atoms with van der Waals surface area (Å²) in [6.45, 7) is 3.70. The first kappa shape index (κ1) is 15.1. The van der Waals surface area contributed by atoms with Crippen molar-refractivity contribution in [3.8, 4) is 0 Å². The van der Waals surface area contributed by atoms with Crippen LogP contribution in [-0.4, -0.2) is 17.5 Å². The molecule has 1 aromatic rings. The maximum absolute atomic E-state index is 13.2. The molecule has 1 aliphatic heterocycles. The van der Waals surface area contributed by atoms with Crippen molar-refractivity contribution >= 4 is 17.5 Å². The Balaban J connectivity index is 1.90. The Bertz CT molecular complexity index is 831. The first-order chi connectivity index (χ1) is 11.0. The average molecular weight is 310 g/mol. The van der Waals surface area contributed by atoms with Gasteiger partial charge in [0.2, 0.25) is 0 Å². The minimum atomic E-state index is -0.523. The number of fused-ring (bicyclic) bond motifs is 1. The van der Waals surface area contributed by atoms with Crippen molar-refractivity contribution in [2.24, 2.45) is 10.9 Å². The first-order valence-corrected chi connectivity index (χ1v) is 7.23. The van der Waals surface area contributed by atoms with Crippen LogP contribution in [0.2, 0.25) is 0 Å². The van der Waals surface area contributed by atoms with Gasteiger partial charge in [-0.2, -0.15) is 0 Å². The molecule has 1 atom stereocenters. The summed E-state index contributed by atoms with van der Waals surface area (Å²) in [4.78, 5) is 27.9. The van der Waals surface area contributed by atoms with Gasteiger partial charge in [-0.25, -0.2) is 9.38 Å². The van der Waals surface area contributed by atoms with E-state index in [0.29, 0.717) is 17.0 Å². The fourth-order valence-electron chi connectivity index (χ4n) is 2.60. The van der Waals surface area contributed by atoms with Crippen LogP contribution in [0.3, 0.4) is 0 Å². The number of rotatable bonds is 1. The maximum Gasteiger partial charge on any atom is 0.277 e. The number of allylic oxidation sites excluding steroid dienone is 3. The Morgan fingerprint density at radius 3 is 2.83 bits per heavy atom. The van der Waals surface area contributed by atoms with Gasteiger partial charge in [0.1, 0.15) is 5.82 Å². The molecular weight excluding hydrogens is 295 g/mol. The van der Waals surface area contributed by atoms with Gasteiger partial charge in [0, 0.05) is 22.8 Å². The summed E-state index contributed by atoms with van der Waals surface area (Å²) in [5, 5.41) is 2.81. The number of amides is 2. The molecule has 2 amide bonds. The lowest BCUT2D eigenvalue weighted by molar-refractivity contribution is -0.117. The van der Waals surface area contributed by atoms with Crippen LogP contribution in [0, 0.1) is 11.7 Å². The molecule has 1 aliphatic carbocycles. The van der Waals surface area contributed by atoms with E-state index in [1.54, 1.807) is 19.1 Å². The number of carbonyl (C=O) groups excluding carboxylic acids is 2. The number of nitrogens with zero attached hydrogens (tertiary/aromatic N) is 1. The minimum Gasteiger partial charge on any atom is -0.325 e. The van der Waals surface area contributed by atoms with Gasteiger partial charge < -0.3 is 5.32 Å². The SMILES string of the molecule is CC1=C(C)C2C=CC(=NC(=O)c3cccc(F)c3)C=C2NC1=O. The lowest BCUT2D eigenvalue weighted by Crippen LogP contribution is -2.35. The van der Waals surface area contributed by atoms with E-state index >= 15 is 0 Å². The summed E-state index contributed by atoms with van der Waals surface area (Å²) < 4.78 is 13.2. The molecule has 1 N–H and O–H groups in total. The summed E-state index contributed by atoms with van der Waals surface area (Å²) in [5.41, 5.74) is 3.00. The Labute approximate surface area is 133 Å². The van der Waals surface area contributed by atoms with Gasteiger partial charge >= 0.3 is 0 Å². The molecule has 116 valence electrons. The highest BCUT2D eigenvalue weighted by molar-refractivity contribution is 6.14. The number of hydrogen-bond acceptors (Lipinski definition) is 2. The smallest absolute Gasteiger partial charge is 0.277 e. The quantitative estimate of drug-likeness (QED) is 0.867. The lowest BCUT2D eigenvalue weighted by atomic mass is 9.85. The highest BCUT2D eigenvalue weighted by Gasteiger charge is 2.27. The van der Waals surface area contributed by atoms with Gasteiger partial charge in [-0.15, -0.1) is 0 Å². The fraction of sp³-hybridized carbons (Fsp3) is 0.167. The molecule has 2 aliphatic rings. The normalized spacial score (nSPS) is 21.9. The van der Waals surface area contributed by atoms with E-state index in [1.807, 2.05) is 13.0 Å². The number of aliphatic imine (C=N–C) groups is 1. The third-order valence-electron chi connectivity index (χ3n) is 4.06. The first-order valence-electron chi connectivity index (χ1n) is 7.23. The van der Waals surface area contributed by atoms with E-state index in [2.05, 4.69) is 10.3 Å². The summed E-state index contributed by atoms with van der Waals surface area (Å²) >= 11 is 0. The van der Waals surface area contributed by atoms with E-state index in [9.17, 15) is 14.0 Å². The summed E-state index contributed by atoms with van der Waals surface area (Å²) in [5.74, 6) is -1.15. The monoisotopic (exact) mass is 310 g/mol. The molecule has 1 unspecified atom stereocenters. The zero-order chi connectivity index (χ0) is 16.6. The topological polar surface area (TPSA) is 58.5 Å². The Kier molecular flexibility index (Phi) is 3.78. The van der Waals surface area contributed by atoms with Gasteiger partial charge in [0.25, 0.3) is 11.8 Å². The van der Waals surface area contributed by atoms with Crippen molar-refractivity contribution in [2.45, 2.75) is 13.8 Å².